The zero-order valence-corrected chi connectivity index (χ0v) is 27.3. The SMILES string of the molecule is c1csc(-c2ccc(-c3ccc4c(c3)C3(c5ccccc5-4)c4ccccc4-c4ccc(-c5ccc(-c6cccs6)s5)cc43)s2)c1. The number of thiophene rings is 4. The van der Waals surface area contributed by atoms with Gasteiger partial charge in [0.1, 0.15) is 0 Å². The van der Waals surface area contributed by atoms with Crippen molar-refractivity contribution in [1.82, 2.24) is 0 Å². The average Bonchev–Trinajstić information content (AvgIpc) is 3.94. The Bertz CT molecular complexity index is 2210. The lowest BCUT2D eigenvalue weighted by atomic mass is 9.70. The van der Waals surface area contributed by atoms with Gasteiger partial charge in [0, 0.05) is 29.3 Å². The highest BCUT2D eigenvalue weighted by Gasteiger charge is 2.51. The summed E-state index contributed by atoms with van der Waals surface area (Å²) >= 11 is 7.39. The molecule has 0 saturated heterocycles. The smallest absolute Gasteiger partial charge is 0.0725 e. The van der Waals surface area contributed by atoms with Crippen LogP contribution >= 0.6 is 45.3 Å². The molecule has 4 aromatic carbocycles. The second kappa shape index (κ2) is 9.84. The van der Waals surface area contributed by atoms with Crippen LogP contribution in [0.3, 0.4) is 0 Å². The van der Waals surface area contributed by atoms with Gasteiger partial charge in [-0.15, -0.1) is 45.3 Å². The maximum absolute atomic E-state index is 2.50. The molecule has 8 aromatic rings. The highest BCUT2D eigenvalue weighted by atomic mass is 32.1. The maximum atomic E-state index is 2.50. The van der Waals surface area contributed by atoms with Crippen LogP contribution in [0.25, 0.3) is 62.6 Å². The molecule has 212 valence electrons. The Morgan fingerprint density at radius 1 is 0.333 bits per heavy atom. The molecule has 0 atom stereocenters. The summed E-state index contributed by atoms with van der Waals surface area (Å²) in [6.07, 6.45) is 0. The van der Waals surface area contributed by atoms with E-state index in [4.69, 9.17) is 0 Å². The van der Waals surface area contributed by atoms with Crippen LogP contribution in [0.1, 0.15) is 22.3 Å². The van der Waals surface area contributed by atoms with Crippen molar-refractivity contribution in [2.45, 2.75) is 5.41 Å². The van der Waals surface area contributed by atoms with Gasteiger partial charge in [0.15, 0.2) is 0 Å². The van der Waals surface area contributed by atoms with Gasteiger partial charge in [-0.2, -0.15) is 0 Å². The third kappa shape index (κ3) is 3.68. The van der Waals surface area contributed by atoms with E-state index in [-0.39, 0.29) is 5.41 Å². The molecule has 4 aromatic heterocycles. The summed E-state index contributed by atoms with van der Waals surface area (Å²) in [5, 5.41) is 4.32. The normalized spacial score (nSPS) is 13.5. The zero-order valence-electron chi connectivity index (χ0n) is 24.0. The van der Waals surface area contributed by atoms with Crippen molar-refractivity contribution in [2.24, 2.45) is 0 Å². The summed E-state index contributed by atoms with van der Waals surface area (Å²) < 4.78 is 0. The molecule has 4 heteroatoms. The predicted octanol–water partition coefficient (Wildman–Crippen LogP) is 12.9. The van der Waals surface area contributed by atoms with Gasteiger partial charge in [0.2, 0.25) is 0 Å². The van der Waals surface area contributed by atoms with Crippen LogP contribution in [-0.4, -0.2) is 0 Å². The summed E-state index contributed by atoms with van der Waals surface area (Å²) in [5.41, 5.74) is 13.1. The van der Waals surface area contributed by atoms with E-state index < -0.39 is 0 Å². The Hall–Kier alpha value is -4.32. The molecule has 4 heterocycles. The lowest BCUT2D eigenvalue weighted by molar-refractivity contribution is 0.794. The first-order chi connectivity index (χ1) is 22.3. The van der Waals surface area contributed by atoms with Crippen LogP contribution in [-0.2, 0) is 5.41 Å². The van der Waals surface area contributed by atoms with Crippen molar-refractivity contribution in [3.63, 3.8) is 0 Å². The first kappa shape index (κ1) is 26.0. The van der Waals surface area contributed by atoms with E-state index in [9.17, 15) is 0 Å². The van der Waals surface area contributed by atoms with E-state index >= 15 is 0 Å². The molecule has 45 heavy (non-hydrogen) atoms. The Morgan fingerprint density at radius 3 is 1.24 bits per heavy atom. The topological polar surface area (TPSA) is 0 Å². The molecule has 0 bridgehead atoms. The van der Waals surface area contributed by atoms with Crippen molar-refractivity contribution in [2.75, 3.05) is 0 Å². The standard InChI is InChI=1S/C41H24S4/c1-3-9-31-27(7-1)29-15-13-25(35-17-19-39(44-35)37-11-5-21-42-37)23-33(29)41(31)32-10-4-2-8-28(32)30-16-14-26(24-34(30)41)36-18-20-40(45-36)38-12-6-22-43-38/h1-24H. The third-order valence-electron chi connectivity index (χ3n) is 9.40. The predicted molar refractivity (Wildman–Crippen MR) is 196 cm³/mol. The van der Waals surface area contributed by atoms with Gasteiger partial charge >= 0.3 is 0 Å². The summed E-state index contributed by atoms with van der Waals surface area (Å²) in [5.74, 6) is 0. The molecular weight excluding hydrogens is 621 g/mol. The average molecular weight is 645 g/mol. The zero-order chi connectivity index (χ0) is 29.5. The molecule has 0 amide bonds. The van der Waals surface area contributed by atoms with Gasteiger partial charge in [0.05, 0.1) is 5.41 Å². The van der Waals surface area contributed by atoms with Crippen LogP contribution in [0.15, 0.2) is 144 Å². The second-order valence-electron chi connectivity index (χ2n) is 11.6. The van der Waals surface area contributed by atoms with Crippen LogP contribution in [0, 0.1) is 0 Å². The molecule has 0 fully saturated rings. The largest absolute Gasteiger partial charge is 0.143 e. The summed E-state index contributed by atoms with van der Waals surface area (Å²) in [7, 11) is 0. The molecule has 2 aliphatic rings. The van der Waals surface area contributed by atoms with E-state index in [0.29, 0.717) is 0 Å². The fraction of sp³-hybridized carbons (Fsp3) is 0.0244. The quantitative estimate of drug-likeness (QED) is 0.179. The van der Waals surface area contributed by atoms with Gasteiger partial charge in [-0.25, -0.2) is 0 Å². The monoisotopic (exact) mass is 644 g/mol. The number of hydrogen-bond donors (Lipinski definition) is 0. The molecule has 2 aliphatic carbocycles. The minimum absolute atomic E-state index is 0.369. The fourth-order valence-corrected chi connectivity index (χ4v) is 11.2. The summed E-state index contributed by atoms with van der Waals surface area (Å²) in [4.78, 5) is 7.95. The minimum atomic E-state index is -0.369. The molecule has 0 N–H and O–H groups in total. The highest BCUT2D eigenvalue weighted by Crippen LogP contribution is 2.63. The Kier molecular flexibility index (Phi) is 5.67. The van der Waals surface area contributed by atoms with Crippen LogP contribution in [0.5, 0.6) is 0 Å². The Labute approximate surface area is 278 Å². The van der Waals surface area contributed by atoms with E-state index in [2.05, 4.69) is 144 Å². The minimum Gasteiger partial charge on any atom is -0.143 e. The van der Waals surface area contributed by atoms with E-state index in [1.165, 1.54) is 84.9 Å². The number of hydrogen-bond acceptors (Lipinski definition) is 4. The Morgan fingerprint density at radius 2 is 0.778 bits per heavy atom. The van der Waals surface area contributed by atoms with Gasteiger partial charge in [-0.05, 0) is 115 Å². The number of fused-ring (bicyclic) bond motifs is 10. The first-order valence-corrected chi connectivity index (χ1v) is 18.5. The fourth-order valence-electron chi connectivity index (χ4n) is 7.53. The van der Waals surface area contributed by atoms with Crippen molar-refractivity contribution in [3.05, 3.63) is 166 Å². The second-order valence-corrected chi connectivity index (χ2v) is 15.7. The summed E-state index contributed by atoms with van der Waals surface area (Å²) in [6.45, 7) is 0. The van der Waals surface area contributed by atoms with Crippen molar-refractivity contribution in [1.29, 1.82) is 0 Å². The Balaban J connectivity index is 1.21. The molecule has 1 spiro atoms. The molecular formula is C41H24S4. The lowest BCUT2D eigenvalue weighted by Gasteiger charge is -2.31. The van der Waals surface area contributed by atoms with Gasteiger partial charge < -0.3 is 0 Å². The van der Waals surface area contributed by atoms with Gasteiger partial charge in [-0.1, -0.05) is 84.9 Å². The molecule has 0 unspecified atom stereocenters. The van der Waals surface area contributed by atoms with E-state index in [0.717, 1.165) is 0 Å². The lowest BCUT2D eigenvalue weighted by Crippen LogP contribution is -2.26. The summed E-state index contributed by atoms with van der Waals surface area (Å²) in [6, 6.07) is 50.5. The van der Waals surface area contributed by atoms with Gasteiger partial charge in [-0.3, -0.25) is 0 Å². The van der Waals surface area contributed by atoms with Crippen LogP contribution in [0.4, 0.5) is 0 Å². The number of rotatable bonds is 4. The van der Waals surface area contributed by atoms with E-state index in [1.807, 2.05) is 45.3 Å². The van der Waals surface area contributed by atoms with Crippen molar-refractivity contribution >= 4 is 45.3 Å². The van der Waals surface area contributed by atoms with Crippen LogP contribution < -0.4 is 0 Å². The van der Waals surface area contributed by atoms with E-state index in [1.54, 1.807) is 0 Å². The molecule has 0 aliphatic heterocycles. The molecule has 10 rings (SSSR count). The first-order valence-electron chi connectivity index (χ1n) is 15.1. The molecule has 0 nitrogen and oxygen atoms in total. The van der Waals surface area contributed by atoms with Gasteiger partial charge in [0.25, 0.3) is 0 Å². The molecule has 0 saturated carbocycles. The number of benzene rings is 4. The van der Waals surface area contributed by atoms with Crippen molar-refractivity contribution in [3.8, 4) is 62.6 Å². The highest BCUT2D eigenvalue weighted by molar-refractivity contribution is 7.23. The molecule has 0 radical (unpaired) electrons. The third-order valence-corrected chi connectivity index (χ3v) is 13.8. The maximum Gasteiger partial charge on any atom is 0.0725 e. The van der Waals surface area contributed by atoms with Crippen molar-refractivity contribution < 1.29 is 0 Å². The van der Waals surface area contributed by atoms with Crippen LogP contribution in [0.2, 0.25) is 0 Å².